The highest BCUT2D eigenvalue weighted by atomic mass is 35.5. The maximum absolute atomic E-state index is 6.18. The lowest BCUT2D eigenvalue weighted by molar-refractivity contribution is 0.415. The number of rotatable bonds is 5. The van der Waals surface area contributed by atoms with Crippen LogP contribution in [0.5, 0.6) is 5.75 Å². The molecule has 0 aromatic heterocycles. The second-order valence-corrected chi connectivity index (χ2v) is 5.62. The van der Waals surface area contributed by atoms with Crippen molar-refractivity contribution in [2.45, 2.75) is 25.3 Å². The number of hydrogen-bond acceptors (Lipinski definition) is 2. The molecule has 1 fully saturated rings. The Labute approximate surface area is 124 Å². The molecule has 1 aliphatic rings. The van der Waals surface area contributed by atoms with Gasteiger partial charge in [-0.1, -0.05) is 35.9 Å². The standard InChI is InChI=1S/C17H18ClNO/c1-20-15-8-9-16(18)17(10-15)19-11-12-2-4-13(5-3-12)14-6-7-14/h2-5,8-10,14,19H,6-7,11H2,1H3. The predicted octanol–water partition coefficient (Wildman–Crippen LogP) is 4.84. The number of halogens is 1. The molecule has 0 spiro atoms. The van der Waals surface area contributed by atoms with Gasteiger partial charge in [-0.3, -0.25) is 0 Å². The summed E-state index contributed by atoms with van der Waals surface area (Å²) in [5.41, 5.74) is 3.62. The van der Waals surface area contributed by atoms with Crippen molar-refractivity contribution in [3.05, 3.63) is 58.6 Å². The van der Waals surface area contributed by atoms with Crippen LogP contribution in [0.3, 0.4) is 0 Å². The molecule has 1 aliphatic carbocycles. The van der Waals surface area contributed by atoms with Gasteiger partial charge in [0.25, 0.3) is 0 Å². The number of ether oxygens (including phenoxy) is 1. The number of benzene rings is 2. The fourth-order valence-electron chi connectivity index (χ4n) is 2.29. The van der Waals surface area contributed by atoms with Crippen molar-refractivity contribution in [3.63, 3.8) is 0 Å². The molecular weight excluding hydrogens is 270 g/mol. The molecule has 0 atom stereocenters. The van der Waals surface area contributed by atoms with Gasteiger partial charge in [-0.2, -0.15) is 0 Å². The Kier molecular flexibility index (Phi) is 3.83. The summed E-state index contributed by atoms with van der Waals surface area (Å²) >= 11 is 6.18. The Morgan fingerprint density at radius 3 is 2.55 bits per heavy atom. The summed E-state index contributed by atoms with van der Waals surface area (Å²) in [6.07, 6.45) is 2.69. The van der Waals surface area contributed by atoms with E-state index in [0.717, 1.165) is 23.9 Å². The van der Waals surface area contributed by atoms with E-state index < -0.39 is 0 Å². The number of methoxy groups -OCH3 is 1. The first-order valence-corrected chi connectivity index (χ1v) is 7.30. The molecule has 2 aromatic carbocycles. The quantitative estimate of drug-likeness (QED) is 0.850. The Morgan fingerprint density at radius 1 is 1.15 bits per heavy atom. The van der Waals surface area contributed by atoms with Crippen molar-refractivity contribution in [2.75, 3.05) is 12.4 Å². The minimum Gasteiger partial charge on any atom is -0.497 e. The zero-order valence-electron chi connectivity index (χ0n) is 11.5. The van der Waals surface area contributed by atoms with Crippen LogP contribution in [0.1, 0.15) is 29.9 Å². The van der Waals surface area contributed by atoms with Crippen molar-refractivity contribution in [3.8, 4) is 5.75 Å². The van der Waals surface area contributed by atoms with Gasteiger partial charge in [0, 0.05) is 12.6 Å². The van der Waals surface area contributed by atoms with Crippen LogP contribution >= 0.6 is 11.6 Å². The van der Waals surface area contributed by atoms with Gasteiger partial charge in [-0.25, -0.2) is 0 Å². The maximum Gasteiger partial charge on any atom is 0.121 e. The van der Waals surface area contributed by atoms with E-state index in [0.29, 0.717) is 5.02 Å². The minimum absolute atomic E-state index is 0.709. The van der Waals surface area contributed by atoms with E-state index in [-0.39, 0.29) is 0 Å². The van der Waals surface area contributed by atoms with Crippen LogP contribution in [0.15, 0.2) is 42.5 Å². The van der Waals surface area contributed by atoms with E-state index in [1.165, 1.54) is 24.0 Å². The van der Waals surface area contributed by atoms with Crippen LogP contribution in [0.25, 0.3) is 0 Å². The van der Waals surface area contributed by atoms with Crippen molar-refractivity contribution in [1.29, 1.82) is 0 Å². The number of hydrogen-bond donors (Lipinski definition) is 1. The molecule has 0 aliphatic heterocycles. The molecule has 2 aromatic rings. The van der Waals surface area contributed by atoms with Crippen LogP contribution in [-0.2, 0) is 6.54 Å². The van der Waals surface area contributed by atoms with E-state index in [4.69, 9.17) is 16.3 Å². The SMILES string of the molecule is COc1ccc(Cl)c(NCc2ccc(C3CC3)cc2)c1. The van der Waals surface area contributed by atoms with Crippen LogP contribution in [0.4, 0.5) is 5.69 Å². The smallest absolute Gasteiger partial charge is 0.121 e. The van der Waals surface area contributed by atoms with E-state index in [1.54, 1.807) is 7.11 Å². The third-order valence-electron chi connectivity index (χ3n) is 3.68. The lowest BCUT2D eigenvalue weighted by Gasteiger charge is -2.10. The lowest BCUT2D eigenvalue weighted by atomic mass is 10.1. The second-order valence-electron chi connectivity index (χ2n) is 5.22. The second kappa shape index (κ2) is 5.76. The summed E-state index contributed by atoms with van der Waals surface area (Å²) in [6, 6.07) is 14.5. The summed E-state index contributed by atoms with van der Waals surface area (Å²) in [6.45, 7) is 0.762. The molecule has 3 rings (SSSR count). The Balaban J connectivity index is 1.66. The first-order chi connectivity index (χ1) is 9.76. The van der Waals surface area contributed by atoms with Crippen molar-refractivity contribution >= 4 is 17.3 Å². The third-order valence-corrected chi connectivity index (χ3v) is 4.01. The molecule has 104 valence electrons. The van der Waals surface area contributed by atoms with Crippen molar-refractivity contribution < 1.29 is 4.74 Å². The maximum atomic E-state index is 6.18. The molecule has 0 radical (unpaired) electrons. The van der Waals surface area contributed by atoms with E-state index in [2.05, 4.69) is 29.6 Å². The normalized spacial score (nSPS) is 14.1. The highest BCUT2D eigenvalue weighted by Crippen LogP contribution is 2.39. The third kappa shape index (κ3) is 3.07. The summed E-state index contributed by atoms with van der Waals surface area (Å²) in [7, 11) is 1.66. The average Bonchev–Trinajstić information content (AvgIpc) is 3.32. The topological polar surface area (TPSA) is 21.3 Å². The largest absolute Gasteiger partial charge is 0.497 e. The van der Waals surface area contributed by atoms with Gasteiger partial charge in [0.15, 0.2) is 0 Å². The van der Waals surface area contributed by atoms with Crippen LogP contribution in [0.2, 0.25) is 5.02 Å². The van der Waals surface area contributed by atoms with Gasteiger partial charge >= 0.3 is 0 Å². The number of anilines is 1. The van der Waals surface area contributed by atoms with Crippen LogP contribution in [-0.4, -0.2) is 7.11 Å². The molecule has 2 nitrogen and oxygen atoms in total. The van der Waals surface area contributed by atoms with Crippen molar-refractivity contribution in [2.24, 2.45) is 0 Å². The van der Waals surface area contributed by atoms with E-state index >= 15 is 0 Å². The fourth-order valence-corrected chi connectivity index (χ4v) is 2.47. The molecule has 0 amide bonds. The monoisotopic (exact) mass is 287 g/mol. The Hall–Kier alpha value is -1.67. The fraction of sp³-hybridized carbons (Fsp3) is 0.294. The first kappa shape index (κ1) is 13.3. The van der Waals surface area contributed by atoms with Gasteiger partial charge in [0.1, 0.15) is 5.75 Å². The molecule has 0 heterocycles. The molecule has 1 N–H and O–H groups in total. The molecule has 0 bridgehead atoms. The molecule has 0 unspecified atom stereocenters. The lowest BCUT2D eigenvalue weighted by Crippen LogP contribution is -2.00. The highest BCUT2D eigenvalue weighted by Gasteiger charge is 2.22. The zero-order chi connectivity index (χ0) is 13.9. The molecule has 1 saturated carbocycles. The Bertz CT molecular complexity index is 590. The Morgan fingerprint density at radius 2 is 1.90 bits per heavy atom. The van der Waals surface area contributed by atoms with Crippen molar-refractivity contribution in [1.82, 2.24) is 0 Å². The van der Waals surface area contributed by atoms with Gasteiger partial charge in [-0.15, -0.1) is 0 Å². The summed E-state index contributed by atoms with van der Waals surface area (Å²) in [5.74, 6) is 1.62. The summed E-state index contributed by atoms with van der Waals surface area (Å²) in [4.78, 5) is 0. The van der Waals surface area contributed by atoms with Gasteiger partial charge in [0.2, 0.25) is 0 Å². The molecule has 3 heteroatoms. The molecule has 20 heavy (non-hydrogen) atoms. The van der Waals surface area contributed by atoms with Gasteiger partial charge < -0.3 is 10.1 Å². The van der Waals surface area contributed by atoms with E-state index in [1.807, 2.05) is 18.2 Å². The zero-order valence-corrected chi connectivity index (χ0v) is 12.3. The van der Waals surface area contributed by atoms with Gasteiger partial charge in [0.05, 0.1) is 17.8 Å². The first-order valence-electron chi connectivity index (χ1n) is 6.92. The summed E-state index contributed by atoms with van der Waals surface area (Å²) < 4.78 is 5.21. The van der Waals surface area contributed by atoms with E-state index in [9.17, 15) is 0 Å². The van der Waals surface area contributed by atoms with Gasteiger partial charge in [-0.05, 0) is 42.0 Å². The summed E-state index contributed by atoms with van der Waals surface area (Å²) in [5, 5.41) is 4.07. The molecule has 0 saturated heterocycles. The highest BCUT2D eigenvalue weighted by molar-refractivity contribution is 6.33. The van der Waals surface area contributed by atoms with Crippen LogP contribution in [0, 0.1) is 0 Å². The van der Waals surface area contributed by atoms with Crippen LogP contribution < -0.4 is 10.1 Å². The minimum atomic E-state index is 0.709. The number of nitrogens with one attached hydrogen (secondary N) is 1. The predicted molar refractivity (Wildman–Crippen MR) is 83.7 cm³/mol. The average molecular weight is 288 g/mol. The molecular formula is C17H18ClNO.